The van der Waals surface area contributed by atoms with E-state index in [1.54, 1.807) is 11.8 Å². The molecule has 0 N–H and O–H groups in total. The van der Waals surface area contributed by atoms with Crippen molar-refractivity contribution >= 4 is 35.0 Å². The van der Waals surface area contributed by atoms with Crippen LogP contribution >= 0.6 is 35.0 Å². The molecule has 0 saturated heterocycles. The number of pyridine rings is 1. The Balaban J connectivity index is 2.90. The van der Waals surface area contributed by atoms with Crippen LogP contribution in [0.25, 0.3) is 0 Å². The largest absolute Gasteiger partial charge is 0.224 e. The summed E-state index contributed by atoms with van der Waals surface area (Å²) in [5.41, 5.74) is 0. The molecule has 0 saturated carbocycles. The Morgan fingerprint density at radius 1 is 1.15 bits per heavy atom. The van der Waals surface area contributed by atoms with Gasteiger partial charge < -0.3 is 0 Å². The molecular weight excluding hydrogens is 225 g/mol. The van der Waals surface area contributed by atoms with E-state index in [2.05, 4.69) is 25.8 Å². The van der Waals surface area contributed by atoms with Gasteiger partial charge in [0.1, 0.15) is 10.3 Å². The number of hydrogen-bond acceptors (Lipinski definition) is 2. The normalized spacial score (nSPS) is 11.8. The predicted molar refractivity (Wildman–Crippen MR) is 59.9 cm³/mol. The third-order valence-electron chi connectivity index (χ3n) is 1.16. The smallest absolute Gasteiger partial charge is 0.131 e. The average molecular weight is 236 g/mol. The van der Waals surface area contributed by atoms with Gasteiger partial charge in [0.15, 0.2) is 0 Å². The average Bonchev–Trinajstić information content (AvgIpc) is 1.78. The Morgan fingerprint density at radius 3 is 2.00 bits per heavy atom. The lowest BCUT2D eigenvalue weighted by Gasteiger charge is -2.17. The topological polar surface area (TPSA) is 12.9 Å². The lowest BCUT2D eigenvalue weighted by molar-refractivity contribution is 0.802. The zero-order valence-corrected chi connectivity index (χ0v) is 10.1. The number of halogens is 2. The summed E-state index contributed by atoms with van der Waals surface area (Å²) in [6, 6.07) is 3.65. The lowest BCUT2D eigenvalue weighted by Crippen LogP contribution is -2.06. The summed E-state index contributed by atoms with van der Waals surface area (Å²) in [6.07, 6.45) is 0. The Labute approximate surface area is 92.8 Å². The van der Waals surface area contributed by atoms with Crippen molar-refractivity contribution in [3.63, 3.8) is 0 Å². The van der Waals surface area contributed by atoms with E-state index in [1.807, 2.05) is 12.1 Å². The fourth-order valence-corrected chi connectivity index (χ4v) is 2.49. The SMILES string of the molecule is CC(C)(C)Sc1cc(Cl)nc(Cl)c1. The van der Waals surface area contributed by atoms with Crippen molar-refractivity contribution in [1.82, 2.24) is 4.98 Å². The summed E-state index contributed by atoms with van der Waals surface area (Å²) < 4.78 is 0.161. The van der Waals surface area contributed by atoms with Crippen molar-refractivity contribution in [3.05, 3.63) is 22.4 Å². The Bertz CT molecular complexity index is 287. The standard InChI is InChI=1S/C9H11Cl2NS/c1-9(2,3)13-6-4-7(10)12-8(11)5-6/h4-5H,1-3H3. The molecule has 0 aromatic carbocycles. The van der Waals surface area contributed by atoms with Crippen molar-refractivity contribution in [2.75, 3.05) is 0 Å². The molecule has 1 heterocycles. The van der Waals surface area contributed by atoms with Gasteiger partial charge in [-0.2, -0.15) is 0 Å². The molecule has 0 spiro atoms. The van der Waals surface area contributed by atoms with Crippen molar-refractivity contribution < 1.29 is 0 Å². The molecule has 0 aliphatic carbocycles. The quantitative estimate of drug-likeness (QED) is 0.533. The maximum Gasteiger partial charge on any atom is 0.131 e. The van der Waals surface area contributed by atoms with Crippen LogP contribution in [-0.4, -0.2) is 9.73 Å². The summed E-state index contributed by atoms with van der Waals surface area (Å²) in [6.45, 7) is 6.42. The summed E-state index contributed by atoms with van der Waals surface area (Å²) in [5, 5.41) is 0.888. The van der Waals surface area contributed by atoms with Gasteiger partial charge in [0, 0.05) is 9.64 Å². The van der Waals surface area contributed by atoms with E-state index in [1.165, 1.54) is 0 Å². The maximum atomic E-state index is 5.77. The highest BCUT2D eigenvalue weighted by Gasteiger charge is 2.12. The van der Waals surface area contributed by atoms with Crippen molar-refractivity contribution in [2.45, 2.75) is 30.4 Å². The van der Waals surface area contributed by atoms with Crippen molar-refractivity contribution in [2.24, 2.45) is 0 Å². The van der Waals surface area contributed by atoms with Crippen LogP contribution in [0.3, 0.4) is 0 Å². The van der Waals surface area contributed by atoms with E-state index in [4.69, 9.17) is 23.2 Å². The third-order valence-corrected chi connectivity index (χ3v) is 2.63. The minimum Gasteiger partial charge on any atom is -0.224 e. The summed E-state index contributed by atoms with van der Waals surface area (Å²) in [5.74, 6) is 0. The molecule has 4 heteroatoms. The molecule has 13 heavy (non-hydrogen) atoms. The van der Waals surface area contributed by atoms with Crippen LogP contribution < -0.4 is 0 Å². The highest BCUT2D eigenvalue weighted by Crippen LogP contribution is 2.33. The van der Waals surface area contributed by atoms with Crippen LogP contribution in [0.5, 0.6) is 0 Å². The van der Waals surface area contributed by atoms with Crippen molar-refractivity contribution in [3.8, 4) is 0 Å². The van der Waals surface area contributed by atoms with Gasteiger partial charge in [-0.3, -0.25) is 0 Å². The minimum absolute atomic E-state index is 0.161. The van der Waals surface area contributed by atoms with Gasteiger partial charge in [0.2, 0.25) is 0 Å². The molecule has 0 bridgehead atoms. The fourth-order valence-electron chi connectivity index (χ4n) is 0.856. The first-order valence-electron chi connectivity index (χ1n) is 3.89. The second-order valence-corrected chi connectivity index (χ2v) is 6.34. The number of nitrogens with zero attached hydrogens (tertiary/aromatic N) is 1. The zero-order chi connectivity index (χ0) is 10.1. The minimum atomic E-state index is 0.161. The molecule has 72 valence electrons. The maximum absolute atomic E-state index is 5.77. The molecule has 0 atom stereocenters. The third kappa shape index (κ3) is 4.21. The zero-order valence-electron chi connectivity index (χ0n) is 7.77. The molecule has 1 aromatic heterocycles. The Kier molecular flexibility index (Phi) is 3.50. The van der Waals surface area contributed by atoms with E-state index < -0.39 is 0 Å². The Hall–Kier alpha value is 0.0800. The number of thioether (sulfide) groups is 1. The van der Waals surface area contributed by atoms with Gasteiger partial charge in [-0.15, -0.1) is 11.8 Å². The van der Waals surface area contributed by atoms with Crippen LogP contribution in [-0.2, 0) is 0 Å². The van der Waals surface area contributed by atoms with Gasteiger partial charge in [0.05, 0.1) is 0 Å². The first-order chi connectivity index (χ1) is 5.87. The summed E-state index contributed by atoms with van der Waals surface area (Å²) >= 11 is 13.3. The molecule has 0 amide bonds. The van der Waals surface area contributed by atoms with E-state index in [9.17, 15) is 0 Å². The van der Waals surface area contributed by atoms with Crippen LogP contribution in [0.15, 0.2) is 17.0 Å². The van der Waals surface area contributed by atoms with E-state index >= 15 is 0 Å². The number of aromatic nitrogens is 1. The molecular formula is C9H11Cl2NS. The van der Waals surface area contributed by atoms with Gasteiger partial charge >= 0.3 is 0 Å². The molecule has 0 unspecified atom stereocenters. The molecule has 1 nitrogen and oxygen atoms in total. The number of rotatable bonds is 1. The predicted octanol–water partition coefficient (Wildman–Crippen LogP) is 4.28. The van der Waals surface area contributed by atoms with Crippen LogP contribution in [0.1, 0.15) is 20.8 Å². The van der Waals surface area contributed by atoms with E-state index in [0.29, 0.717) is 10.3 Å². The highest BCUT2D eigenvalue weighted by molar-refractivity contribution is 8.00. The first kappa shape index (κ1) is 11.2. The second kappa shape index (κ2) is 4.07. The second-order valence-electron chi connectivity index (χ2n) is 3.66. The summed E-state index contributed by atoms with van der Waals surface area (Å²) in [4.78, 5) is 4.94. The molecule has 0 aliphatic heterocycles. The van der Waals surface area contributed by atoms with Gasteiger partial charge in [-0.25, -0.2) is 4.98 Å². The van der Waals surface area contributed by atoms with Crippen LogP contribution in [0.4, 0.5) is 0 Å². The molecule has 1 rings (SSSR count). The molecule has 1 aromatic rings. The van der Waals surface area contributed by atoms with Crippen LogP contribution in [0.2, 0.25) is 10.3 Å². The lowest BCUT2D eigenvalue weighted by atomic mass is 10.3. The monoisotopic (exact) mass is 235 g/mol. The molecule has 0 aliphatic rings. The van der Waals surface area contributed by atoms with Crippen molar-refractivity contribution in [1.29, 1.82) is 0 Å². The van der Waals surface area contributed by atoms with E-state index in [-0.39, 0.29) is 4.75 Å². The Morgan fingerprint density at radius 2 is 1.62 bits per heavy atom. The molecule has 0 radical (unpaired) electrons. The molecule has 0 fully saturated rings. The van der Waals surface area contributed by atoms with Gasteiger partial charge in [-0.1, -0.05) is 44.0 Å². The van der Waals surface area contributed by atoms with Gasteiger partial charge in [0.25, 0.3) is 0 Å². The number of hydrogen-bond donors (Lipinski definition) is 0. The van der Waals surface area contributed by atoms with Gasteiger partial charge in [-0.05, 0) is 12.1 Å². The highest BCUT2D eigenvalue weighted by atomic mass is 35.5. The summed E-state index contributed by atoms with van der Waals surface area (Å²) in [7, 11) is 0. The first-order valence-corrected chi connectivity index (χ1v) is 5.46. The van der Waals surface area contributed by atoms with E-state index in [0.717, 1.165) is 4.90 Å². The van der Waals surface area contributed by atoms with Crippen LogP contribution in [0, 0.1) is 0 Å². The fraction of sp³-hybridized carbons (Fsp3) is 0.444.